The number of ether oxygens (including phenoxy) is 2. The normalized spacial score (nSPS) is 25.4. The van der Waals surface area contributed by atoms with E-state index in [1.165, 1.54) is 24.3 Å². The fourth-order valence-corrected chi connectivity index (χ4v) is 4.43. The van der Waals surface area contributed by atoms with Gasteiger partial charge >= 0.3 is 16.4 Å². The summed E-state index contributed by atoms with van der Waals surface area (Å²) in [5.74, 6) is -2.83. The average Bonchev–Trinajstić information content (AvgIpc) is 2.81. The maximum atomic E-state index is 11.5. The molecule has 3 rings (SSSR count). The van der Waals surface area contributed by atoms with Crippen LogP contribution in [0.4, 0.5) is 0 Å². The molecule has 1 aliphatic rings. The standard InChI is InChI=1S/C24H30O13S/c1-11(7-13-3-5-15(25)16(26)9-13)12(2)8-14-4-6-17(18(10-14)37-38(32,33)34)35-24-21(29)19(27)20(28)22(36-24)23(30)31/h3-6,9-12,19-22,24-29H,7-8H2,1-2H3,(H,30,31)(H,32,33,34)/t11-,12+,19-,20-,21+,22-,24+/m0/s1. The molecule has 0 amide bonds. The number of hydrogen-bond acceptors (Lipinski definition) is 11. The molecule has 210 valence electrons. The summed E-state index contributed by atoms with van der Waals surface area (Å²) in [4.78, 5) is 11.3. The van der Waals surface area contributed by atoms with Crippen LogP contribution in [-0.2, 0) is 32.8 Å². The van der Waals surface area contributed by atoms with Gasteiger partial charge in [0.25, 0.3) is 0 Å². The Kier molecular flexibility index (Phi) is 9.07. The van der Waals surface area contributed by atoms with Gasteiger partial charge in [-0.2, -0.15) is 8.42 Å². The van der Waals surface area contributed by atoms with Gasteiger partial charge in [0.1, 0.15) is 18.3 Å². The van der Waals surface area contributed by atoms with Crippen molar-refractivity contribution in [1.29, 1.82) is 0 Å². The molecular formula is C24H30O13S. The molecule has 7 atom stereocenters. The highest BCUT2D eigenvalue weighted by Crippen LogP contribution is 2.35. The first-order valence-electron chi connectivity index (χ1n) is 11.6. The van der Waals surface area contributed by atoms with Gasteiger partial charge < -0.3 is 44.3 Å². The quantitative estimate of drug-likeness (QED) is 0.157. The summed E-state index contributed by atoms with van der Waals surface area (Å²) in [7, 11) is -5.02. The van der Waals surface area contributed by atoms with Crippen LogP contribution in [0.2, 0.25) is 0 Å². The molecule has 1 fully saturated rings. The van der Waals surface area contributed by atoms with Gasteiger partial charge in [0.05, 0.1) is 0 Å². The van der Waals surface area contributed by atoms with Crippen molar-refractivity contribution in [3.63, 3.8) is 0 Å². The number of aromatic hydroxyl groups is 2. The molecule has 0 saturated carbocycles. The second kappa shape index (κ2) is 11.7. The van der Waals surface area contributed by atoms with Gasteiger partial charge in [-0.25, -0.2) is 4.79 Å². The van der Waals surface area contributed by atoms with E-state index in [0.717, 1.165) is 5.56 Å². The monoisotopic (exact) mass is 558 g/mol. The average molecular weight is 559 g/mol. The zero-order valence-corrected chi connectivity index (χ0v) is 21.2. The maximum Gasteiger partial charge on any atom is 0.446 e. The summed E-state index contributed by atoms with van der Waals surface area (Å²) in [6, 6.07) is 8.63. The number of carbonyl (C=O) groups is 1. The van der Waals surface area contributed by atoms with Gasteiger partial charge in [-0.1, -0.05) is 26.0 Å². The first-order chi connectivity index (χ1) is 17.7. The van der Waals surface area contributed by atoms with E-state index in [2.05, 4.69) is 4.18 Å². The number of phenolic OH excluding ortho intramolecular Hbond substituents is 2. The predicted molar refractivity (Wildman–Crippen MR) is 129 cm³/mol. The van der Waals surface area contributed by atoms with Gasteiger partial charge in [-0.3, -0.25) is 4.55 Å². The molecule has 0 radical (unpaired) electrons. The molecule has 0 aromatic heterocycles. The zero-order valence-electron chi connectivity index (χ0n) is 20.4. The van der Waals surface area contributed by atoms with Crippen molar-refractivity contribution < 1.29 is 62.1 Å². The number of carboxylic acid groups (broad SMARTS) is 1. The summed E-state index contributed by atoms with van der Waals surface area (Å²) >= 11 is 0. The SMILES string of the molecule is C[C@H](Cc1ccc(O[C@@H]2O[C@H](C(=O)O)[C@@H](O)[C@H](O)[C@H]2O)c(OS(=O)(=O)O)c1)[C@@H](C)Cc1ccc(O)c(O)c1. The number of aliphatic carboxylic acids is 1. The second-order valence-electron chi connectivity index (χ2n) is 9.33. The largest absolute Gasteiger partial charge is 0.504 e. The lowest BCUT2D eigenvalue weighted by molar-refractivity contribution is -0.271. The third-order valence-electron chi connectivity index (χ3n) is 6.39. The van der Waals surface area contributed by atoms with Crippen LogP contribution in [0.25, 0.3) is 0 Å². The van der Waals surface area contributed by atoms with Crippen LogP contribution in [0.5, 0.6) is 23.0 Å². The molecule has 1 saturated heterocycles. The number of phenols is 2. The van der Waals surface area contributed by atoms with Gasteiger partial charge in [-0.05, 0) is 60.1 Å². The van der Waals surface area contributed by atoms with Crippen molar-refractivity contribution >= 4 is 16.4 Å². The van der Waals surface area contributed by atoms with E-state index in [9.17, 15) is 48.4 Å². The molecule has 0 bridgehead atoms. The lowest BCUT2D eigenvalue weighted by atomic mass is 9.85. The molecule has 14 heteroatoms. The maximum absolute atomic E-state index is 11.5. The van der Waals surface area contributed by atoms with E-state index in [-0.39, 0.29) is 29.1 Å². The van der Waals surface area contributed by atoms with Gasteiger partial charge in [-0.15, -0.1) is 0 Å². The van der Waals surface area contributed by atoms with Crippen molar-refractivity contribution in [1.82, 2.24) is 0 Å². The van der Waals surface area contributed by atoms with E-state index in [0.29, 0.717) is 18.4 Å². The van der Waals surface area contributed by atoms with Crippen LogP contribution in [-0.4, -0.2) is 80.3 Å². The van der Waals surface area contributed by atoms with E-state index in [1.54, 1.807) is 12.1 Å². The van der Waals surface area contributed by atoms with E-state index in [4.69, 9.17) is 9.47 Å². The summed E-state index contributed by atoms with van der Waals surface area (Å²) in [6.45, 7) is 3.92. The highest BCUT2D eigenvalue weighted by Gasteiger charge is 2.48. The first kappa shape index (κ1) is 29.4. The Morgan fingerprint density at radius 3 is 2.03 bits per heavy atom. The van der Waals surface area contributed by atoms with E-state index in [1.807, 2.05) is 13.8 Å². The van der Waals surface area contributed by atoms with E-state index >= 15 is 0 Å². The van der Waals surface area contributed by atoms with Crippen LogP contribution in [0.15, 0.2) is 36.4 Å². The molecule has 2 aromatic rings. The number of benzene rings is 2. The van der Waals surface area contributed by atoms with Crippen LogP contribution >= 0.6 is 0 Å². The first-order valence-corrected chi connectivity index (χ1v) is 12.9. The van der Waals surface area contributed by atoms with Gasteiger partial charge in [0.2, 0.25) is 6.29 Å². The second-order valence-corrected chi connectivity index (χ2v) is 10.4. The summed E-state index contributed by atoms with van der Waals surface area (Å²) in [5, 5.41) is 58.4. The third kappa shape index (κ3) is 7.24. The van der Waals surface area contributed by atoms with Gasteiger partial charge in [0.15, 0.2) is 29.1 Å². The Labute approximate surface area is 218 Å². The molecule has 7 N–H and O–H groups in total. The Hall–Kier alpha value is -3.14. The molecule has 13 nitrogen and oxygen atoms in total. The lowest BCUT2D eigenvalue weighted by Gasteiger charge is -2.38. The Morgan fingerprint density at radius 1 is 0.895 bits per heavy atom. The van der Waals surface area contributed by atoms with Crippen LogP contribution in [0.1, 0.15) is 25.0 Å². The number of aliphatic hydroxyl groups excluding tert-OH is 3. The molecule has 1 aliphatic heterocycles. The Morgan fingerprint density at radius 2 is 1.47 bits per heavy atom. The minimum absolute atomic E-state index is 0.0211. The van der Waals surface area contributed by atoms with Crippen LogP contribution < -0.4 is 8.92 Å². The molecule has 2 aromatic carbocycles. The fourth-order valence-electron chi connectivity index (χ4n) is 4.07. The number of carboxylic acids is 1. The van der Waals surface area contributed by atoms with Crippen molar-refractivity contribution in [2.24, 2.45) is 11.8 Å². The number of rotatable bonds is 10. The summed E-state index contributed by atoms with van der Waals surface area (Å²) < 4.78 is 47.2. The topological polar surface area (TPSA) is 221 Å². The molecule has 0 unspecified atom stereocenters. The molecule has 0 spiro atoms. The molecular weight excluding hydrogens is 528 g/mol. The number of aliphatic hydroxyl groups is 3. The smallest absolute Gasteiger partial charge is 0.446 e. The highest BCUT2D eigenvalue weighted by atomic mass is 32.3. The third-order valence-corrected chi connectivity index (χ3v) is 6.78. The fraction of sp³-hybridized carbons (Fsp3) is 0.458. The Balaban J connectivity index is 1.79. The van der Waals surface area contributed by atoms with Crippen molar-refractivity contribution in [3.8, 4) is 23.0 Å². The minimum atomic E-state index is -5.02. The molecule has 0 aliphatic carbocycles. The van der Waals surface area contributed by atoms with Crippen LogP contribution in [0.3, 0.4) is 0 Å². The molecule has 1 heterocycles. The van der Waals surface area contributed by atoms with Crippen molar-refractivity contribution in [3.05, 3.63) is 47.5 Å². The number of hydrogen-bond donors (Lipinski definition) is 7. The van der Waals surface area contributed by atoms with Crippen molar-refractivity contribution in [2.45, 2.75) is 57.4 Å². The van der Waals surface area contributed by atoms with Crippen LogP contribution in [0, 0.1) is 11.8 Å². The zero-order chi connectivity index (χ0) is 28.4. The molecule has 38 heavy (non-hydrogen) atoms. The Bertz CT molecular complexity index is 1250. The lowest BCUT2D eigenvalue weighted by Crippen LogP contribution is -2.61. The van der Waals surface area contributed by atoms with Crippen molar-refractivity contribution in [2.75, 3.05) is 0 Å². The van der Waals surface area contributed by atoms with Gasteiger partial charge in [0, 0.05) is 0 Å². The van der Waals surface area contributed by atoms with E-state index < -0.39 is 52.8 Å². The summed E-state index contributed by atoms with van der Waals surface area (Å²) in [5.41, 5.74) is 1.38. The predicted octanol–water partition coefficient (Wildman–Crippen LogP) is 0.608. The minimum Gasteiger partial charge on any atom is -0.504 e. The summed E-state index contributed by atoms with van der Waals surface area (Å²) in [6.07, 6.45) is -8.59. The highest BCUT2D eigenvalue weighted by molar-refractivity contribution is 7.81.